The van der Waals surface area contributed by atoms with Crippen molar-refractivity contribution in [2.24, 2.45) is 0 Å². The van der Waals surface area contributed by atoms with E-state index in [1.54, 1.807) is 0 Å². The molecule has 0 saturated heterocycles. The maximum Gasteiger partial charge on any atom is 0.320 e. The molecule has 0 spiro atoms. The molecule has 3 nitrogen and oxygen atoms in total. The van der Waals surface area contributed by atoms with Crippen LogP contribution in [0.25, 0.3) is 0 Å². The predicted octanol–water partition coefficient (Wildman–Crippen LogP) is 1.58. The minimum absolute atomic E-state index is 0.292. The second kappa shape index (κ2) is 2.71. The second-order valence-electron chi connectivity index (χ2n) is 3.48. The number of rotatable bonds is 2. The molecule has 0 bridgehead atoms. The van der Waals surface area contributed by atoms with Crippen LogP contribution in [0.5, 0.6) is 0 Å². The van der Waals surface area contributed by atoms with Gasteiger partial charge in [0, 0.05) is 12.6 Å². The fraction of sp³-hybridized carbons (Fsp3) is 0.333. The van der Waals surface area contributed by atoms with Gasteiger partial charge in [-0.1, -0.05) is 0 Å². The van der Waals surface area contributed by atoms with Crippen molar-refractivity contribution in [2.75, 3.05) is 0 Å². The summed E-state index contributed by atoms with van der Waals surface area (Å²) in [5.41, 5.74) is -2.58. The van der Waals surface area contributed by atoms with Crippen LogP contribution < -0.4 is 0 Å². The molecule has 1 heterocycles. The highest BCUT2D eigenvalue weighted by Gasteiger charge is 2.77. The molecule has 1 aliphatic carbocycles. The Kier molecular flexibility index (Phi) is 1.80. The molecule has 1 aromatic rings. The predicted molar refractivity (Wildman–Crippen MR) is 43.1 cm³/mol. The highest BCUT2D eigenvalue weighted by molar-refractivity contribution is 5.87. The molecule has 2 rings (SSSR count). The van der Waals surface area contributed by atoms with Crippen molar-refractivity contribution in [3.63, 3.8) is 0 Å². The van der Waals surface area contributed by atoms with Crippen LogP contribution in [0.3, 0.4) is 0 Å². The number of hydrogen-bond acceptors (Lipinski definition) is 2. The van der Waals surface area contributed by atoms with Gasteiger partial charge in [-0.3, -0.25) is 9.78 Å². The summed E-state index contributed by atoms with van der Waals surface area (Å²) in [5, 5.41) is 8.75. The van der Waals surface area contributed by atoms with Crippen molar-refractivity contribution in [3.05, 3.63) is 29.8 Å². The van der Waals surface area contributed by atoms with E-state index in [9.17, 15) is 18.0 Å². The van der Waals surface area contributed by atoms with Crippen LogP contribution in [0, 0.1) is 5.82 Å². The molecular weight excluding hydrogens is 211 g/mol. The molecule has 80 valence electrons. The lowest BCUT2D eigenvalue weighted by Crippen LogP contribution is -2.27. The van der Waals surface area contributed by atoms with E-state index in [0.717, 1.165) is 18.5 Å². The van der Waals surface area contributed by atoms with Gasteiger partial charge in [-0.25, -0.2) is 13.2 Å². The van der Waals surface area contributed by atoms with Crippen molar-refractivity contribution in [3.8, 4) is 0 Å². The molecule has 1 saturated carbocycles. The van der Waals surface area contributed by atoms with E-state index in [-0.39, 0.29) is 5.56 Å². The molecule has 1 fully saturated rings. The number of halogens is 3. The zero-order chi connectivity index (χ0) is 11.3. The molecular formula is C9H6F3NO2. The smallest absolute Gasteiger partial charge is 0.320 e. The van der Waals surface area contributed by atoms with Crippen molar-refractivity contribution in [1.82, 2.24) is 4.98 Å². The lowest BCUT2D eigenvalue weighted by Gasteiger charge is -2.10. The van der Waals surface area contributed by atoms with Crippen LogP contribution in [0.1, 0.15) is 12.0 Å². The summed E-state index contributed by atoms with van der Waals surface area (Å²) >= 11 is 0. The molecule has 1 N–H and O–H groups in total. The van der Waals surface area contributed by atoms with Gasteiger partial charge in [-0.05, 0) is 11.6 Å². The maximum atomic E-state index is 13.0. The van der Waals surface area contributed by atoms with Crippen LogP contribution in [0.2, 0.25) is 0 Å². The summed E-state index contributed by atoms with van der Waals surface area (Å²) in [7, 11) is 0. The quantitative estimate of drug-likeness (QED) is 0.818. The van der Waals surface area contributed by atoms with Crippen LogP contribution in [-0.4, -0.2) is 22.0 Å². The summed E-state index contributed by atoms with van der Waals surface area (Å²) in [4.78, 5) is 14.1. The monoisotopic (exact) mass is 217 g/mol. The number of nitrogens with zero attached hydrogens (tertiary/aromatic N) is 1. The number of carboxylic acid groups (broad SMARTS) is 1. The zero-order valence-corrected chi connectivity index (χ0v) is 7.38. The fourth-order valence-electron chi connectivity index (χ4n) is 1.60. The summed E-state index contributed by atoms with van der Waals surface area (Å²) < 4.78 is 38.7. The third kappa shape index (κ3) is 1.20. The highest BCUT2D eigenvalue weighted by atomic mass is 19.3. The van der Waals surface area contributed by atoms with Gasteiger partial charge >= 0.3 is 5.97 Å². The second-order valence-corrected chi connectivity index (χ2v) is 3.48. The number of carboxylic acids is 1. The Bertz CT molecular complexity index is 435. The van der Waals surface area contributed by atoms with Crippen molar-refractivity contribution in [1.29, 1.82) is 0 Å². The van der Waals surface area contributed by atoms with Gasteiger partial charge in [0.25, 0.3) is 5.92 Å². The van der Waals surface area contributed by atoms with Gasteiger partial charge in [0.05, 0.1) is 6.20 Å². The van der Waals surface area contributed by atoms with Crippen molar-refractivity contribution >= 4 is 5.97 Å². The van der Waals surface area contributed by atoms with Crippen molar-refractivity contribution in [2.45, 2.75) is 17.8 Å². The van der Waals surface area contributed by atoms with Crippen LogP contribution in [0.4, 0.5) is 13.2 Å². The molecule has 0 aromatic carbocycles. The van der Waals surface area contributed by atoms with Gasteiger partial charge in [-0.15, -0.1) is 0 Å². The minimum atomic E-state index is -3.33. The van der Waals surface area contributed by atoms with Gasteiger partial charge in [0.2, 0.25) is 0 Å². The van der Waals surface area contributed by atoms with E-state index < -0.39 is 29.5 Å². The first-order chi connectivity index (χ1) is 6.90. The number of aliphatic carboxylic acids is 1. The molecule has 1 aliphatic rings. The summed E-state index contributed by atoms with van der Waals surface area (Å²) in [5.74, 6) is -5.80. The molecule has 15 heavy (non-hydrogen) atoms. The van der Waals surface area contributed by atoms with Crippen molar-refractivity contribution < 1.29 is 23.1 Å². The lowest BCUT2D eigenvalue weighted by molar-refractivity contribution is -0.143. The maximum absolute atomic E-state index is 13.0. The molecule has 0 amide bonds. The Morgan fingerprint density at radius 2 is 2.07 bits per heavy atom. The normalized spacial score (nSPS) is 27.4. The largest absolute Gasteiger partial charge is 0.480 e. The summed E-state index contributed by atoms with van der Waals surface area (Å²) in [6.07, 6.45) is 0.984. The first-order valence-corrected chi connectivity index (χ1v) is 4.12. The highest BCUT2D eigenvalue weighted by Crippen LogP contribution is 2.61. The first kappa shape index (κ1) is 9.95. The standard InChI is InChI=1S/C9H6F3NO2/c10-6-1-5(2-13-3-6)8(7(14)15)4-9(8,11)12/h1-3H,4H2,(H,14,15). The number of alkyl halides is 2. The van der Waals surface area contributed by atoms with Crippen LogP contribution in [-0.2, 0) is 10.2 Å². The SMILES string of the molecule is O=C(O)C1(c2cncc(F)c2)CC1(F)F. The molecule has 6 heteroatoms. The van der Waals surface area contributed by atoms with E-state index in [0.29, 0.717) is 0 Å². The topological polar surface area (TPSA) is 50.2 Å². The van der Waals surface area contributed by atoms with Crippen LogP contribution in [0.15, 0.2) is 18.5 Å². The number of pyridine rings is 1. The van der Waals surface area contributed by atoms with Gasteiger partial charge < -0.3 is 5.11 Å². The minimum Gasteiger partial charge on any atom is -0.480 e. The summed E-state index contributed by atoms with van der Waals surface area (Å²) in [6.45, 7) is 0. The number of aromatic nitrogens is 1. The van der Waals surface area contributed by atoms with E-state index in [4.69, 9.17) is 5.11 Å². The average Bonchev–Trinajstić information content (AvgIpc) is 2.71. The first-order valence-electron chi connectivity index (χ1n) is 4.12. The van der Waals surface area contributed by atoms with Crippen LogP contribution >= 0.6 is 0 Å². The molecule has 1 unspecified atom stereocenters. The Hall–Kier alpha value is -1.59. The zero-order valence-electron chi connectivity index (χ0n) is 7.38. The van der Waals surface area contributed by atoms with Gasteiger partial charge in [0.15, 0.2) is 5.41 Å². The summed E-state index contributed by atoms with van der Waals surface area (Å²) in [6, 6.07) is 0.780. The Balaban J connectivity index is 2.50. The van der Waals surface area contributed by atoms with E-state index >= 15 is 0 Å². The lowest BCUT2D eigenvalue weighted by atomic mass is 9.97. The third-order valence-corrected chi connectivity index (χ3v) is 2.55. The average molecular weight is 217 g/mol. The third-order valence-electron chi connectivity index (χ3n) is 2.55. The fourth-order valence-corrected chi connectivity index (χ4v) is 1.60. The van der Waals surface area contributed by atoms with E-state index in [1.807, 2.05) is 0 Å². The van der Waals surface area contributed by atoms with E-state index in [1.165, 1.54) is 0 Å². The Morgan fingerprint density at radius 3 is 2.47 bits per heavy atom. The Morgan fingerprint density at radius 1 is 1.47 bits per heavy atom. The van der Waals surface area contributed by atoms with Gasteiger partial charge in [-0.2, -0.15) is 0 Å². The Labute approximate surface area is 82.6 Å². The molecule has 0 radical (unpaired) electrons. The molecule has 1 aromatic heterocycles. The van der Waals surface area contributed by atoms with E-state index in [2.05, 4.69) is 4.98 Å². The molecule has 0 aliphatic heterocycles. The van der Waals surface area contributed by atoms with Gasteiger partial charge in [0.1, 0.15) is 5.82 Å². The number of hydrogen-bond donors (Lipinski definition) is 1. The molecule has 1 atom stereocenters. The number of carbonyl (C=O) groups is 1.